The average molecular weight is 302 g/mol. The molecule has 0 saturated carbocycles. The zero-order chi connectivity index (χ0) is 15.2. The summed E-state index contributed by atoms with van der Waals surface area (Å²) in [6.45, 7) is 5.53. The summed E-state index contributed by atoms with van der Waals surface area (Å²) in [7, 11) is -2.15. The van der Waals surface area contributed by atoms with Crippen molar-refractivity contribution in [3.63, 3.8) is 0 Å². The van der Waals surface area contributed by atoms with Crippen LogP contribution in [0.1, 0.15) is 13.8 Å². The quantitative estimate of drug-likeness (QED) is 0.557. The number of rotatable bonds is 8. The van der Waals surface area contributed by atoms with E-state index in [1.165, 1.54) is 25.2 Å². The molecule has 0 bridgehead atoms. The van der Waals surface area contributed by atoms with Gasteiger partial charge in [-0.3, -0.25) is 0 Å². The lowest BCUT2D eigenvalue weighted by molar-refractivity contribution is 0.0820. The zero-order valence-corrected chi connectivity index (χ0v) is 12.9. The third-order valence-corrected chi connectivity index (χ3v) is 3.91. The lowest BCUT2D eigenvalue weighted by Crippen LogP contribution is -2.19. The average Bonchev–Trinajstić information content (AvgIpc) is 2.39. The van der Waals surface area contributed by atoms with Crippen LogP contribution in [0.5, 0.6) is 5.75 Å². The number of nitrogen functional groups attached to an aromatic ring is 1. The van der Waals surface area contributed by atoms with Crippen molar-refractivity contribution in [2.45, 2.75) is 18.7 Å². The van der Waals surface area contributed by atoms with Gasteiger partial charge in [-0.2, -0.15) is 0 Å². The Bertz CT molecular complexity index is 529. The summed E-state index contributed by atoms with van der Waals surface area (Å²) in [6, 6.07) is 4.35. The molecule has 0 spiro atoms. The van der Waals surface area contributed by atoms with Gasteiger partial charge < -0.3 is 15.2 Å². The van der Waals surface area contributed by atoms with Gasteiger partial charge in [0.2, 0.25) is 10.0 Å². The van der Waals surface area contributed by atoms with Crippen LogP contribution < -0.4 is 15.2 Å². The molecular weight excluding hydrogens is 280 g/mol. The second-order valence-electron chi connectivity index (χ2n) is 4.72. The topological polar surface area (TPSA) is 90.7 Å². The molecule has 1 aromatic rings. The molecule has 0 saturated heterocycles. The lowest BCUT2D eigenvalue weighted by Gasteiger charge is -2.12. The van der Waals surface area contributed by atoms with Crippen molar-refractivity contribution in [3.05, 3.63) is 18.2 Å². The number of ether oxygens (including phenoxy) is 2. The van der Waals surface area contributed by atoms with E-state index in [1.54, 1.807) is 0 Å². The van der Waals surface area contributed by atoms with Gasteiger partial charge in [-0.15, -0.1) is 0 Å². The van der Waals surface area contributed by atoms with E-state index in [0.29, 0.717) is 37.2 Å². The van der Waals surface area contributed by atoms with Crippen LogP contribution >= 0.6 is 0 Å². The number of nitrogens with one attached hydrogen (secondary N) is 1. The Labute approximate surface area is 120 Å². The molecule has 20 heavy (non-hydrogen) atoms. The maximum Gasteiger partial charge on any atom is 0.240 e. The van der Waals surface area contributed by atoms with Crippen LogP contribution in [0.2, 0.25) is 0 Å². The molecule has 3 N–H and O–H groups in total. The minimum absolute atomic E-state index is 0.118. The highest BCUT2D eigenvalue weighted by atomic mass is 32.2. The van der Waals surface area contributed by atoms with Crippen molar-refractivity contribution in [2.24, 2.45) is 5.92 Å². The number of sulfonamides is 1. The standard InChI is InChI=1S/C13H22N2O4S/c1-10(2)9-18-6-7-19-13-8-11(4-5-12(13)14)20(16,17)15-3/h4-5,8,10,15H,6-7,9,14H2,1-3H3. The van der Waals surface area contributed by atoms with E-state index >= 15 is 0 Å². The van der Waals surface area contributed by atoms with E-state index in [2.05, 4.69) is 18.6 Å². The summed E-state index contributed by atoms with van der Waals surface area (Å²) in [6.07, 6.45) is 0. The van der Waals surface area contributed by atoms with Crippen LogP contribution in [0.15, 0.2) is 23.1 Å². The molecule has 1 aromatic carbocycles. The van der Waals surface area contributed by atoms with Crippen LogP contribution in [-0.4, -0.2) is 35.3 Å². The molecule has 0 aliphatic heterocycles. The summed E-state index contributed by atoms with van der Waals surface area (Å²) in [5, 5.41) is 0. The van der Waals surface area contributed by atoms with Crippen molar-refractivity contribution in [1.29, 1.82) is 0 Å². The molecular formula is C13H22N2O4S. The van der Waals surface area contributed by atoms with Crippen molar-refractivity contribution in [3.8, 4) is 5.75 Å². The first-order chi connectivity index (χ1) is 9.36. The first-order valence-corrected chi connectivity index (χ1v) is 7.88. The van der Waals surface area contributed by atoms with Crippen LogP contribution in [0.3, 0.4) is 0 Å². The smallest absolute Gasteiger partial charge is 0.240 e. The predicted molar refractivity (Wildman–Crippen MR) is 78.3 cm³/mol. The molecule has 0 atom stereocenters. The largest absolute Gasteiger partial charge is 0.489 e. The van der Waals surface area contributed by atoms with Crippen LogP contribution in [-0.2, 0) is 14.8 Å². The molecule has 0 heterocycles. The minimum Gasteiger partial charge on any atom is -0.489 e. The van der Waals surface area contributed by atoms with Crippen molar-refractivity contribution in [2.75, 3.05) is 32.6 Å². The summed E-state index contributed by atoms with van der Waals surface area (Å²) >= 11 is 0. The fourth-order valence-electron chi connectivity index (χ4n) is 1.45. The maximum atomic E-state index is 11.7. The first kappa shape index (κ1) is 16.7. The Balaban J connectivity index is 2.64. The van der Waals surface area contributed by atoms with Gasteiger partial charge in [0.25, 0.3) is 0 Å². The molecule has 0 amide bonds. The third-order valence-electron chi connectivity index (χ3n) is 2.50. The van der Waals surface area contributed by atoms with Gasteiger partial charge in [0, 0.05) is 12.7 Å². The van der Waals surface area contributed by atoms with Gasteiger partial charge in [0.05, 0.1) is 17.2 Å². The lowest BCUT2D eigenvalue weighted by atomic mass is 10.2. The molecule has 1 rings (SSSR count). The van der Waals surface area contributed by atoms with Gasteiger partial charge in [0.1, 0.15) is 12.4 Å². The van der Waals surface area contributed by atoms with Crippen LogP contribution in [0.4, 0.5) is 5.69 Å². The highest BCUT2D eigenvalue weighted by Gasteiger charge is 2.13. The van der Waals surface area contributed by atoms with E-state index < -0.39 is 10.0 Å². The molecule has 0 fully saturated rings. The first-order valence-electron chi connectivity index (χ1n) is 6.40. The second-order valence-corrected chi connectivity index (χ2v) is 6.61. The number of hydrogen-bond acceptors (Lipinski definition) is 5. The highest BCUT2D eigenvalue weighted by Crippen LogP contribution is 2.25. The summed E-state index contributed by atoms with van der Waals surface area (Å²) < 4.78 is 36.4. The van der Waals surface area contributed by atoms with E-state index in [4.69, 9.17) is 15.2 Å². The summed E-state index contributed by atoms with van der Waals surface area (Å²) in [5.41, 5.74) is 6.15. The molecule has 0 radical (unpaired) electrons. The Morgan fingerprint density at radius 2 is 2.00 bits per heavy atom. The number of benzene rings is 1. The van der Waals surface area contributed by atoms with E-state index in [9.17, 15) is 8.42 Å². The highest BCUT2D eigenvalue weighted by molar-refractivity contribution is 7.89. The molecule has 7 heteroatoms. The van der Waals surface area contributed by atoms with Gasteiger partial charge in [-0.05, 0) is 25.1 Å². The Kier molecular flexibility index (Phi) is 6.25. The van der Waals surface area contributed by atoms with Gasteiger partial charge in [-0.1, -0.05) is 13.8 Å². The maximum absolute atomic E-state index is 11.7. The van der Waals surface area contributed by atoms with Gasteiger partial charge >= 0.3 is 0 Å². The number of hydrogen-bond donors (Lipinski definition) is 2. The fourth-order valence-corrected chi connectivity index (χ4v) is 2.20. The van der Waals surface area contributed by atoms with Crippen molar-refractivity contribution in [1.82, 2.24) is 4.72 Å². The summed E-state index contributed by atoms with van der Waals surface area (Å²) in [5.74, 6) is 0.804. The van der Waals surface area contributed by atoms with Crippen LogP contribution in [0.25, 0.3) is 0 Å². The third kappa shape index (κ3) is 4.99. The van der Waals surface area contributed by atoms with Gasteiger partial charge in [0.15, 0.2) is 0 Å². The molecule has 6 nitrogen and oxygen atoms in total. The number of anilines is 1. The fraction of sp³-hybridized carbons (Fsp3) is 0.538. The second kappa shape index (κ2) is 7.47. The van der Waals surface area contributed by atoms with E-state index in [-0.39, 0.29) is 4.90 Å². The Hall–Kier alpha value is -1.31. The van der Waals surface area contributed by atoms with E-state index in [1.807, 2.05) is 0 Å². The Morgan fingerprint density at radius 3 is 2.60 bits per heavy atom. The number of nitrogens with two attached hydrogens (primary N) is 1. The molecule has 114 valence electrons. The minimum atomic E-state index is -3.50. The molecule has 0 unspecified atom stereocenters. The SMILES string of the molecule is CNS(=O)(=O)c1ccc(N)c(OCCOCC(C)C)c1. The van der Waals surface area contributed by atoms with Crippen molar-refractivity contribution >= 4 is 15.7 Å². The molecule has 0 aromatic heterocycles. The molecule has 0 aliphatic rings. The van der Waals surface area contributed by atoms with Gasteiger partial charge in [-0.25, -0.2) is 13.1 Å². The predicted octanol–water partition coefficient (Wildman–Crippen LogP) is 1.23. The van der Waals surface area contributed by atoms with E-state index in [0.717, 1.165) is 0 Å². The summed E-state index contributed by atoms with van der Waals surface area (Å²) in [4.78, 5) is 0.118. The van der Waals surface area contributed by atoms with Crippen LogP contribution in [0, 0.1) is 5.92 Å². The monoisotopic (exact) mass is 302 g/mol. The zero-order valence-electron chi connectivity index (χ0n) is 12.0. The Morgan fingerprint density at radius 1 is 1.30 bits per heavy atom. The van der Waals surface area contributed by atoms with Crippen molar-refractivity contribution < 1.29 is 17.9 Å². The molecule has 0 aliphatic carbocycles. The normalized spacial score (nSPS) is 11.8.